The van der Waals surface area contributed by atoms with Gasteiger partial charge in [0, 0.05) is 0 Å². The van der Waals surface area contributed by atoms with Gasteiger partial charge in [0.15, 0.2) is 0 Å². The zero-order valence-electron chi connectivity index (χ0n) is 9.43. The third-order valence-electron chi connectivity index (χ3n) is 3.55. The Morgan fingerprint density at radius 2 is 1.75 bits per heavy atom. The van der Waals surface area contributed by atoms with Gasteiger partial charge in [-0.1, -0.05) is 49.6 Å². The van der Waals surface area contributed by atoms with Crippen LogP contribution in [-0.2, 0) is 4.79 Å². The van der Waals surface area contributed by atoms with E-state index in [1.54, 1.807) is 0 Å². The number of carboxylic acid groups (broad SMARTS) is 1. The Morgan fingerprint density at radius 3 is 2.31 bits per heavy atom. The van der Waals surface area contributed by atoms with Gasteiger partial charge in [0.05, 0.1) is 5.92 Å². The second-order valence-corrected chi connectivity index (χ2v) is 4.62. The number of rotatable bonds is 3. The Labute approximate surface area is 96.3 Å². The molecule has 0 radical (unpaired) electrons. The van der Waals surface area contributed by atoms with E-state index in [0.717, 1.165) is 18.4 Å². The summed E-state index contributed by atoms with van der Waals surface area (Å²) in [7, 11) is 0. The molecule has 1 aliphatic rings. The molecule has 0 unspecified atom stereocenters. The van der Waals surface area contributed by atoms with Crippen molar-refractivity contribution < 1.29 is 9.90 Å². The van der Waals surface area contributed by atoms with Crippen molar-refractivity contribution in [2.75, 3.05) is 0 Å². The minimum absolute atomic E-state index is 0.304. The first-order valence-electron chi connectivity index (χ1n) is 6.07. The molecule has 0 aromatic heterocycles. The predicted octanol–water partition coefficient (Wildman–Crippen LogP) is 3.44. The fourth-order valence-electron chi connectivity index (χ4n) is 2.74. The van der Waals surface area contributed by atoms with E-state index in [4.69, 9.17) is 0 Å². The van der Waals surface area contributed by atoms with Gasteiger partial charge in [-0.15, -0.1) is 0 Å². The summed E-state index contributed by atoms with van der Waals surface area (Å²) in [6.07, 6.45) is 5.75. The molecule has 0 saturated heterocycles. The molecule has 1 aromatic carbocycles. The highest BCUT2D eigenvalue weighted by Gasteiger charge is 2.30. The summed E-state index contributed by atoms with van der Waals surface area (Å²) in [4.78, 5) is 11.4. The number of carbonyl (C=O) groups is 1. The van der Waals surface area contributed by atoms with Crippen LogP contribution in [0.2, 0.25) is 0 Å². The van der Waals surface area contributed by atoms with Crippen molar-refractivity contribution >= 4 is 5.97 Å². The average Bonchev–Trinajstić information content (AvgIpc) is 2.31. The van der Waals surface area contributed by atoms with Gasteiger partial charge < -0.3 is 5.11 Å². The molecule has 0 amide bonds. The van der Waals surface area contributed by atoms with E-state index in [9.17, 15) is 9.90 Å². The van der Waals surface area contributed by atoms with Crippen molar-refractivity contribution in [3.8, 4) is 0 Å². The number of hydrogen-bond acceptors (Lipinski definition) is 1. The molecule has 2 heteroatoms. The summed E-state index contributed by atoms with van der Waals surface area (Å²) in [5, 5.41) is 9.38. The zero-order chi connectivity index (χ0) is 11.4. The topological polar surface area (TPSA) is 37.3 Å². The highest BCUT2D eigenvalue weighted by Crippen LogP contribution is 2.36. The van der Waals surface area contributed by atoms with Crippen LogP contribution in [0.1, 0.15) is 43.6 Å². The molecule has 16 heavy (non-hydrogen) atoms. The van der Waals surface area contributed by atoms with Crippen molar-refractivity contribution in [1.29, 1.82) is 0 Å². The van der Waals surface area contributed by atoms with Gasteiger partial charge in [-0.25, -0.2) is 0 Å². The first kappa shape index (κ1) is 11.2. The molecule has 0 bridgehead atoms. The van der Waals surface area contributed by atoms with E-state index < -0.39 is 5.97 Å². The Bertz CT molecular complexity index is 339. The van der Waals surface area contributed by atoms with Gasteiger partial charge >= 0.3 is 5.97 Å². The molecule has 0 heterocycles. The number of benzene rings is 1. The lowest BCUT2D eigenvalue weighted by atomic mass is 9.77. The summed E-state index contributed by atoms with van der Waals surface area (Å²) < 4.78 is 0. The average molecular weight is 218 g/mol. The molecule has 1 aliphatic carbocycles. The molecule has 0 spiro atoms. The minimum atomic E-state index is -0.668. The van der Waals surface area contributed by atoms with Crippen LogP contribution < -0.4 is 0 Å². The highest BCUT2D eigenvalue weighted by atomic mass is 16.4. The number of hydrogen-bond donors (Lipinski definition) is 1. The van der Waals surface area contributed by atoms with Gasteiger partial charge in [0.25, 0.3) is 0 Å². The standard InChI is InChI=1S/C14H18O2/c15-14(16)13(11-7-3-1-4-8-11)12-9-5-2-6-10-12/h1,3-4,7-8,12-13H,2,5-6,9-10H2,(H,15,16)/t13-/m0/s1. The largest absolute Gasteiger partial charge is 0.481 e. The Kier molecular flexibility index (Phi) is 3.60. The van der Waals surface area contributed by atoms with Gasteiger partial charge in [0.1, 0.15) is 0 Å². The third kappa shape index (κ3) is 2.43. The lowest BCUT2D eigenvalue weighted by Crippen LogP contribution is -2.23. The molecule has 1 saturated carbocycles. The molecule has 1 N–H and O–H groups in total. The second kappa shape index (κ2) is 5.15. The molecule has 1 aromatic rings. The number of carboxylic acids is 1. The van der Waals surface area contributed by atoms with Crippen LogP contribution in [0.15, 0.2) is 30.3 Å². The van der Waals surface area contributed by atoms with E-state index in [0.29, 0.717) is 5.92 Å². The molecule has 2 rings (SSSR count). The van der Waals surface area contributed by atoms with Crippen molar-refractivity contribution in [2.45, 2.75) is 38.0 Å². The van der Waals surface area contributed by atoms with Crippen LogP contribution in [0.5, 0.6) is 0 Å². The number of aliphatic carboxylic acids is 1. The molecular formula is C14H18O2. The van der Waals surface area contributed by atoms with E-state index in [1.807, 2.05) is 30.3 Å². The van der Waals surface area contributed by atoms with E-state index in [-0.39, 0.29) is 5.92 Å². The van der Waals surface area contributed by atoms with Crippen LogP contribution in [0, 0.1) is 5.92 Å². The van der Waals surface area contributed by atoms with Crippen LogP contribution in [0.4, 0.5) is 0 Å². The van der Waals surface area contributed by atoms with Gasteiger partial charge in [-0.3, -0.25) is 4.79 Å². The summed E-state index contributed by atoms with van der Waals surface area (Å²) in [5.74, 6) is -0.645. The monoisotopic (exact) mass is 218 g/mol. The third-order valence-corrected chi connectivity index (χ3v) is 3.55. The Balaban J connectivity index is 2.20. The van der Waals surface area contributed by atoms with Gasteiger partial charge in [0.2, 0.25) is 0 Å². The summed E-state index contributed by atoms with van der Waals surface area (Å²) in [5.41, 5.74) is 0.960. The Morgan fingerprint density at radius 1 is 1.12 bits per heavy atom. The Hall–Kier alpha value is -1.31. The first-order chi connectivity index (χ1) is 7.79. The molecule has 0 aliphatic heterocycles. The molecule has 1 atom stereocenters. The lowest BCUT2D eigenvalue weighted by molar-refractivity contribution is -0.140. The van der Waals surface area contributed by atoms with E-state index in [1.165, 1.54) is 19.3 Å². The lowest BCUT2D eigenvalue weighted by Gasteiger charge is -2.27. The van der Waals surface area contributed by atoms with Crippen LogP contribution in [0.25, 0.3) is 0 Å². The molecule has 1 fully saturated rings. The summed E-state index contributed by atoms with van der Waals surface area (Å²) in [6.45, 7) is 0. The van der Waals surface area contributed by atoms with Gasteiger partial charge in [-0.2, -0.15) is 0 Å². The van der Waals surface area contributed by atoms with Crippen LogP contribution >= 0.6 is 0 Å². The van der Waals surface area contributed by atoms with Crippen molar-refractivity contribution in [1.82, 2.24) is 0 Å². The SMILES string of the molecule is O=C(O)[C@@H](c1ccccc1)C1CCCCC1. The van der Waals surface area contributed by atoms with Crippen LogP contribution in [-0.4, -0.2) is 11.1 Å². The molecule has 2 nitrogen and oxygen atoms in total. The first-order valence-corrected chi connectivity index (χ1v) is 6.07. The predicted molar refractivity (Wildman–Crippen MR) is 63.4 cm³/mol. The van der Waals surface area contributed by atoms with Crippen molar-refractivity contribution in [3.05, 3.63) is 35.9 Å². The van der Waals surface area contributed by atoms with Crippen LogP contribution in [0.3, 0.4) is 0 Å². The fourth-order valence-corrected chi connectivity index (χ4v) is 2.74. The summed E-state index contributed by atoms with van der Waals surface area (Å²) in [6, 6.07) is 9.66. The van der Waals surface area contributed by atoms with Crippen molar-refractivity contribution in [3.63, 3.8) is 0 Å². The van der Waals surface area contributed by atoms with E-state index in [2.05, 4.69) is 0 Å². The second-order valence-electron chi connectivity index (χ2n) is 4.62. The smallest absolute Gasteiger partial charge is 0.311 e. The maximum Gasteiger partial charge on any atom is 0.311 e. The maximum atomic E-state index is 11.4. The maximum absolute atomic E-state index is 11.4. The minimum Gasteiger partial charge on any atom is -0.481 e. The highest BCUT2D eigenvalue weighted by molar-refractivity contribution is 5.76. The van der Waals surface area contributed by atoms with Crippen molar-refractivity contribution in [2.24, 2.45) is 5.92 Å². The molecular weight excluding hydrogens is 200 g/mol. The van der Waals surface area contributed by atoms with E-state index >= 15 is 0 Å². The zero-order valence-corrected chi connectivity index (χ0v) is 9.43. The van der Waals surface area contributed by atoms with Gasteiger partial charge in [-0.05, 0) is 24.3 Å². The summed E-state index contributed by atoms with van der Waals surface area (Å²) >= 11 is 0. The molecule has 86 valence electrons. The normalized spacial score (nSPS) is 19.2. The fraction of sp³-hybridized carbons (Fsp3) is 0.500. The quantitative estimate of drug-likeness (QED) is 0.843.